The molecule has 0 bridgehead atoms. The van der Waals surface area contributed by atoms with Crippen LogP contribution in [0.5, 0.6) is 0 Å². The summed E-state index contributed by atoms with van der Waals surface area (Å²) in [5.41, 5.74) is 0.677. The first-order valence-corrected chi connectivity index (χ1v) is 4.89. The Labute approximate surface area is 84.8 Å². The average Bonchev–Trinajstić information content (AvgIpc) is 2.71. The maximum absolute atomic E-state index is 12.6. The lowest BCUT2D eigenvalue weighted by Gasteiger charge is -2.07. The third-order valence-electron chi connectivity index (χ3n) is 1.91. The molecule has 0 aliphatic heterocycles. The molecule has 1 N–H and O–H groups in total. The lowest BCUT2D eigenvalue weighted by atomic mass is 10.1. The van der Waals surface area contributed by atoms with Crippen molar-refractivity contribution >= 4 is 11.5 Å². The van der Waals surface area contributed by atoms with Crippen LogP contribution in [0.1, 0.15) is 16.5 Å². The molecule has 1 heterocycles. The van der Waals surface area contributed by atoms with Crippen molar-refractivity contribution in [2.24, 2.45) is 0 Å². The largest absolute Gasteiger partial charge is 0.383 e. The van der Waals surface area contributed by atoms with Crippen LogP contribution in [-0.4, -0.2) is 9.48 Å². The highest BCUT2D eigenvalue weighted by Gasteiger charge is 2.11. The van der Waals surface area contributed by atoms with Crippen molar-refractivity contribution in [3.8, 4) is 0 Å². The van der Waals surface area contributed by atoms with E-state index in [-0.39, 0.29) is 5.82 Å². The summed E-state index contributed by atoms with van der Waals surface area (Å²) in [4.78, 5) is 0.761. The van der Waals surface area contributed by atoms with Gasteiger partial charge in [-0.3, -0.25) is 0 Å². The molecule has 2 rings (SSSR count). The molecule has 0 radical (unpaired) electrons. The zero-order valence-corrected chi connectivity index (χ0v) is 8.04. The van der Waals surface area contributed by atoms with Crippen LogP contribution in [0, 0.1) is 5.82 Å². The molecule has 0 aliphatic carbocycles. The van der Waals surface area contributed by atoms with Gasteiger partial charge in [-0.1, -0.05) is 12.1 Å². The van der Waals surface area contributed by atoms with Gasteiger partial charge in [0.05, 0.1) is 4.88 Å². The number of rotatable bonds is 2. The summed E-state index contributed by atoms with van der Waals surface area (Å²) in [5.74, 6) is -0.301. The SMILES string of the molecule is OC(c1ccc(F)cc1)c1ccns1. The van der Waals surface area contributed by atoms with Crippen LogP contribution < -0.4 is 0 Å². The zero-order valence-electron chi connectivity index (χ0n) is 7.22. The molecule has 2 aromatic rings. The highest BCUT2D eigenvalue weighted by Crippen LogP contribution is 2.24. The first kappa shape index (κ1) is 9.30. The van der Waals surface area contributed by atoms with Crippen molar-refractivity contribution in [3.63, 3.8) is 0 Å². The van der Waals surface area contributed by atoms with E-state index >= 15 is 0 Å². The number of aliphatic hydroxyl groups excluding tert-OH is 1. The van der Waals surface area contributed by atoms with Gasteiger partial charge in [-0.25, -0.2) is 8.76 Å². The molecular weight excluding hydrogens is 201 g/mol. The normalized spacial score (nSPS) is 12.7. The molecule has 0 saturated carbocycles. The fourth-order valence-corrected chi connectivity index (χ4v) is 1.78. The monoisotopic (exact) mass is 209 g/mol. The Kier molecular flexibility index (Phi) is 2.56. The topological polar surface area (TPSA) is 33.1 Å². The van der Waals surface area contributed by atoms with Crippen molar-refractivity contribution < 1.29 is 9.50 Å². The Bertz CT molecular complexity index is 399. The maximum atomic E-state index is 12.6. The lowest BCUT2D eigenvalue weighted by molar-refractivity contribution is 0.224. The first-order valence-electron chi connectivity index (χ1n) is 4.11. The minimum Gasteiger partial charge on any atom is -0.383 e. The molecule has 0 saturated heterocycles. The van der Waals surface area contributed by atoms with E-state index in [4.69, 9.17) is 0 Å². The van der Waals surface area contributed by atoms with E-state index in [0.29, 0.717) is 5.56 Å². The van der Waals surface area contributed by atoms with Crippen molar-refractivity contribution in [1.82, 2.24) is 4.37 Å². The number of hydrogen-bond acceptors (Lipinski definition) is 3. The van der Waals surface area contributed by atoms with Gasteiger partial charge in [0.1, 0.15) is 11.9 Å². The Hall–Kier alpha value is -1.26. The van der Waals surface area contributed by atoms with Gasteiger partial charge in [-0.15, -0.1) is 0 Å². The maximum Gasteiger partial charge on any atom is 0.123 e. The summed E-state index contributed by atoms with van der Waals surface area (Å²) in [6.45, 7) is 0. The van der Waals surface area contributed by atoms with Crippen LogP contribution in [0.15, 0.2) is 36.5 Å². The van der Waals surface area contributed by atoms with E-state index in [1.54, 1.807) is 24.4 Å². The predicted molar refractivity (Wildman–Crippen MR) is 52.6 cm³/mol. The Morgan fingerprint density at radius 3 is 2.50 bits per heavy atom. The highest BCUT2D eigenvalue weighted by molar-refractivity contribution is 7.05. The minimum atomic E-state index is -0.705. The van der Waals surface area contributed by atoms with Gasteiger partial charge < -0.3 is 5.11 Å². The molecule has 4 heteroatoms. The summed E-state index contributed by atoms with van der Waals surface area (Å²) < 4.78 is 16.5. The first-order chi connectivity index (χ1) is 6.77. The van der Waals surface area contributed by atoms with Gasteiger partial charge in [0.15, 0.2) is 0 Å². The second-order valence-corrected chi connectivity index (χ2v) is 3.73. The van der Waals surface area contributed by atoms with Gasteiger partial charge in [-0.05, 0) is 35.3 Å². The number of aliphatic hydroxyl groups is 1. The molecule has 1 aromatic carbocycles. The second kappa shape index (κ2) is 3.86. The van der Waals surface area contributed by atoms with Gasteiger partial charge in [0, 0.05) is 6.20 Å². The molecule has 0 spiro atoms. The van der Waals surface area contributed by atoms with Crippen molar-refractivity contribution in [2.75, 3.05) is 0 Å². The average molecular weight is 209 g/mol. The number of nitrogens with zero attached hydrogens (tertiary/aromatic N) is 1. The molecular formula is C10H8FNOS. The summed E-state index contributed by atoms with van der Waals surface area (Å²) in [7, 11) is 0. The van der Waals surface area contributed by atoms with Crippen LogP contribution in [0.2, 0.25) is 0 Å². The van der Waals surface area contributed by atoms with Gasteiger partial charge in [0.2, 0.25) is 0 Å². The van der Waals surface area contributed by atoms with Crippen LogP contribution in [0.4, 0.5) is 4.39 Å². The van der Waals surface area contributed by atoms with Gasteiger partial charge >= 0.3 is 0 Å². The molecule has 2 nitrogen and oxygen atoms in total. The molecule has 0 aliphatic rings. The Morgan fingerprint density at radius 1 is 1.21 bits per heavy atom. The van der Waals surface area contributed by atoms with Crippen molar-refractivity contribution in [2.45, 2.75) is 6.10 Å². The van der Waals surface area contributed by atoms with E-state index in [1.807, 2.05) is 0 Å². The molecule has 1 unspecified atom stereocenters. The Balaban J connectivity index is 2.28. The van der Waals surface area contributed by atoms with Crippen LogP contribution in [-0.2, 0) is 0 Å². The van der Waals surface area contributed by atoms with E-state index in [2.05, 4.69) is 4.37 Å². The molecule has 1 atom stereocenters. The van der Waals surface area contributed by atoms with E-state index in [0.717, 1.165) is 4.88 Å². The predicted octanol–water partition coefficient (Wildman–Crippen LogP) is 2.36. The molecule has 0 fully saturated rings. The van der Waals surface area contributed by atoms with Crippen molar-refractivity contribution in [1.29, 1.82) is 0 Å². The van der Waals surface area contributed by atoms with E-state index in [9.17, 15) is 9.50 Å². The van der Waals surface area contributed by atoms with Crippen molar-refractivity contribution in [3.05, 3.63) is 52.8 Å². The summed E-state index contributed by atoms with van der Waals surface area (Å²) in [6, 6.07) is 7.55. The molecule has 72 valence electrons. The number of halogens is 1. The third kappa shape index (κ3) is 1.81. The molecule has 14 heavy (non-hydrogen) atoms. The van der Waals surface area contributed by atoms with E-state index in [1.165, 1.54) is 23.7 Å². The molecule has 0 amide bonds. The highest BCUT2D eigenvalue weighted by atomic mass is 32.1. The quantitative estimate of drug-likeness (QED) is 0.823. The lowest BCUT2D eigenvalue weighted by Crippen LogP contribution is -1.96. The van der Waals surface area contributed by atoms with Crippen LogP contribution in [0.25, 0.3) is 0 Å². The zero-order chi connectivity index (χ0) is 9.97. The summed E-state index contributed by atoms with van der Waals surface area (Å²) in [5, 5.41) is 9.82. The van der Waals surface area contributed by atoms with Gasteiger partial charge in [-0.2, -0.15) is 0 Å². The van der Waals surface area contributed by atoms with E-state index < -0.39 is 6.10 Å². The standard InChI is InChI=1S/C10H8FNOS/c11-8-3-1-7(2-4-8)10(13)9-5-6-12-14-9/h1-6,10,13H. The Morgan fingerprint density at radius 2 is 1.93 bits per heavy atom. The molecule has 1 aromatic heterocycles. The van der Waals surface area contributed by atoms with Crippen LogP contribution in [0.3, 0.4) is 0 Å². The number of benzene rings is 1. The summed E-state index contributed by atoms with van der Waals surface area (Å²) in [6.07, 6.45) is 0.926. The number of hydrogen-bond donors (Lipinski definition) is 1. The fraction of sp³-hybridized carbons (Fsp3) is 0.100. The second-order valence-electron chi connectivity index (χ2n) is 2.87. The minimum absolute atomic E-state index is 0.301. The van der Waals surface area contributed by atoms with Crippen LogP contribution >= 0.6 is 11.5 Å². The number of aromatic nitrogens is 1. The fourth-order valence-electron chi connectivity index (χ4n) is 1.18. The summed E-state index contributed by atoms with van der Waals surface area (Å²) >= 11 is 1.24. The third-order valence-corrected chi connectivity index (χ3v) is 2.71. The smallest absolute Gasteiger partial charge is 0.123 e. The van der Waals surface area contributed by atoms with Gasteiger partial charge in [0.25, 0.3) is 0 Å².